The number of anilines is 1. The lowest BCUT2D eigenvalue weighted by Gasteiger charge is -2.28. The Morgan fingerprint density at radius 1 is 1.07 bits per heavy atom. The average molecular weight is 391 g/mol. The van der Waals surface area contributed by atoms with E-state index in [2.05, 4.69) is 24.1 Å². The van der Waals surface area contributed by atoms with Crippen LogP contribution in [0.15, 0.2) is 24.3 Å². The van der Waals surface area contributed by atoms with Crippen LogP contribution in [0.4, 0.5) is 5.69 Å². The van der Waals surface area contributed by atoms with Crippen molar-refractivity contribution < 1.29 is 14.3 Å². The van der Waals surface area contributed by atoms with E-state index in [1.54, 1.807) is 0 Å². The Balaban J connectivity index is 1.82. The molecule has 1 saturated heterocycles. The van der Waals surface area contributed by atoms with Crippen LogP contribution >= 0.6 is 0 Å². The number of likely N-dealkylation sites (tertiary alicyclic amines) is 1. The van der Waals surface area contributed by atoms with Crippen molar-refractivity contribution in [1.29, 1.82) is 0 Å². The third-order valence-electron chi connectivity index (χ3n) is 5.35. The molecule has 0 aromatic heterocycles. The van der Waals surface area contributed by atoms with Gasteiger partial charge < -0.3 is 14.8 Å². The quantitative estimate of drug-likeness (QED) is 0.553. The number of nitrogens with zero attached hydrogens (tertiary/aromatic N) is 1. The number of piperidine rings is 1. The molecule has 0 unspecified atom stereocenters. The Morgan fingerprint density at radius 2 is 1.79 bits per heavy atom. The summed E-state index contributed by atoms with van der Waals surface area (Å²) in [4.78, 5) is 15.3. The van der Waals surface area contributed by atoms with Gasteiger partial charge in [-0.15, -0.1) is 0 Å². The zero-order chi connectivity index (χ0) is 20.2. The van der Waals surface area contributed by atoms with Crippen molar-refractivity contribution in [2.24, 2.45) is 0 Å². The topological polar surface area (TPSA) is 50.8 Å². The van der Waals surface area contributed by atoms with Crippen LogP contribution < -0.4 is 10.1 Å². The number of ether oxygens (including phenoxy) is 2. The highest BCUT2D eigenvalue weighted by Crippen LogP contribution is 2.23. The number of benzene rings is 1. The summed E-state index contributed by atoms with van der Waals surface area (Å²) in [5.74, 6) is 0.763. The fourth-order valence-electron chi connectivity index (χ4n) is 3.47. The second-order valence-electron chi connectivity index (χ2n) is 7.91. The lowest BCUT2D eigenvalue weighted by Crippen LogP contribution is -2.43. The normalized spacial score (nSPS) is 17.1. The largest absolute Gasteiger partial charge is 0.492 e. The molecular formula is C23H38N2O3. The monoisotopic (exact) mass is 390 g/mol. The zero-order valence-corrected chi connectivity index (χ0v) is 18.0. The second-order valence-corrected chi connectivity index (χ2v) is 7.91. The molecule has 1 N–H and O–H groups in total. The van der Waals surface area contributed by atoms with Gasteiger partial charge in [0.15, 0.2) is 0 Å². The van der Waals surface area contributed by atoms with Crippen molar-refractivity contribution >= 4 is 11.6 Å². The van der Waals surface area contributed by atoms with Crippen molar-refractivity contribution in [3.8, 4) is 5.75 Å². The summed E-state index contributed by atoms with van der Waals surface area (Å²) >= 11 is 0. The molecule has 0 bridgehead atoms. The smallest absolute Gasteiger partial charge is 0.256 e. The summed E-state index contributed by atoms with van der Waals surface area (Å²) in [6.07, 6.45) is 7.59. The average Bonchev–Trinajstić information content (AvgIpc) is 2.72. The number of hydrogen-bond donors (Lipinski definition) is 1. The molecule has 0 saturated carbocycles. The molecule has 2 rings (SSSR count). The lowest BCUT2D eigenvalue weighted by molar-refractivity contribution is -0.140. The number of carbonyl (C=O) groups excluding carboxylic acids is 1. The first-order chi connectivity index (χ1) is 13.6. The molecule has 1 amide bonds. The molecule has 1 aromatic rings. The molecule has 1 aromatic carbocycles. The summed E-state index contributed by atoms with van der Waals surface area (Å²) in [5.41, 5.74) is -0.00785. The highest BCUT2D eigenvalue weighted by molar-refractivity contribution is 5.97. The third-order valence-corrected chi connectivity index (χ3v) is 5.35. The van der Waals surface area contributed by atoms with Crippen LogP contribution in [-0.2, 0) is 9.53 Å². The molecule has 1 fully saturated rings. The Kier molecular flexibility index (Phi) is 9.79. The van der Waals surface area contributed by atoms with E-state index in [9.17, 15) is 4.79 Å². The maximum atomic E-state index is 12.8. The van der Waals surface area contributed by atoms with Crippen LogP contribution in [0.2, 0.25) is 0 Å². The van der Waals surface area contributed by atoms with Gasteiger partial charge in [0.05, 0.1) is 0 Å². The molecule has 1 atom stereocenters. The van der Waals surface area contributed by atoms with Crippen LogP contribution in [0, 0.1) is 0 Å². The zero-order valence-electron chi connectivity index (χ0n) is 18.0. The van der Waals surface area contributed by atoms with E-state index in [-0.39, 0.29) is 5.91 Å². The van der Waals surface area contributed by atoms with E-state index < -0.39 is 5.60 Å². The first-order valence-corrected chi connectivity index (χ1v) is 11.0. The van der Waals surface area contributed by atoms with E-state index in [1.807, 2.05) is 31.2 Å². The molecule has 0 aliphatic carbocycles. The van der Waals surface area contributed by atoms with Crippen LogP contribution in [-0.4, -0.2) is 49.3 Å². The summed E-state index contributed by atoms with van der Waals surface area (Å²) in [5, 5.41) is 3.01. The van der Waals surface area contributed by atoms with E-state index in [4.69, 9.17) is 9.47 Å². The van der Waals surface area contributed by atoms with Crippen LogP contribution in [0.3, 0.4) is 0 Å². The van der Waals surface area contributed by atoms with Crippen molar-refractivity contribution in [1.82, 2.24) is 4.90 Å². The standard InChI is InChI=1S/C23H38N2O3/c1-4-6-14-23(3,28-18-5-2)22(26)24-20-10-12-21(13-11-20)27-19-17-25-15-8-7-9-16-25/h10-13H,4-9,14-19H2,1-3H3,(H,24,26)/t23-/m0/s1. The minimum atomic E-state index is -0.782. The highest BCUT2D eigenvalue weighted by atomic mass is 16.5. The van der Waals surface area contributed by atoms with Gasteiger partial charge in [0.2, 0.25) is 0 Å². The summed E-state index contributed by atoms with van der Waals surface area (Å²) in [6.45, 7) is 10.7. The SMILES string of the molecule is CCCC[C@](C)(OCCC)C(=O)Nc1ccc(OCCN2CCCCC2)cc1. The van der Waals surface area contributed by atoms with Crippen LogP contribution in [0.1, 0.15) is 65.7 Å². The first-order valence-electron chi connectivity index (χ1n) is 11.0. The van der Waals surface area contributed by atoms with Gasteiger partial charge in [-0.25, -0.2) is 0 Å². The van der Waals surface area contributed by atoms with Gasteiger partial charge in [-0.3, -0.25) is 9.69 Å². The van der Waals surface area contributed by atoms with Gasteiger partial charge >= 0.3 is 0 Å². The maximum absolute atomic E-state index is 12.8. The van der Waals surface area contributed by atoms with Gasteiger partial charge in [0, 0.05) is 18.8 Å². The molecule has 28 heavy (non-hydrogen) atoms. The molecule has 1 aliphatic heterocycles. The number of nitrogens with one attached hydrogen (secondary N) is 1. The second kappa shape index (κ2) is 12.1. The van der Waals surface area contributed by atoms with Crippen molar-refractivity contribution in [2.75, 3.05) is 38.2 Å². The van der Waals surface area contributed by atoms with E-state index in [1.165, 1.54) is 32.4 Å². The molecule has 5 heteroatoms. The number of rotatable bonds is 12. The molecule has 0 spiro atoms. The molecule has 1 aliphatic rings. The Labute approximate surface area is 170 Å². The van der Waals surface area contributed by atoms with Crippen molar-refractivity contribution in [2.45, 2.75) is 71.3 Å². The first kappa shape index (κ1) is 22.7. The molecular weight excluding hydrogens is 352 g/mol. The number of amides is 1. The molecule has 5 nitrogen and oxygen atoms in total. The minimum Gasteiger partial charge on any atom is -0.492 e. The van der Waals surface area contributed by atoms with Crippen molar-refractivity contribution in [3.05, 3.63) is 24.3 Å². The van der Waals surface area contributed by atoms with Crippen molar-refractivity contribution in [3.63, 3.8) is 0 Å². The van der Waals surface area contributed by atoms with E-state index in [0.29, 0.717) is 13.2 Å². The highest BCUT2D eigenvalue weighted by Gasteiger charge is 2.33. The minimum absolute atomic E-state index is 0.0758. The lowest BCUT2D eigenvalue weighted by atomic mass is 9.97. The van der Waals surface area contributed by atoms with Gasteiger partial charge in [0.1, 0.15) is 18.0 Å². The molecule has 0 radical (unpaired) electrons. The van der Waals surface area contributed by atoms with Gasteiger partial charge in [-0.05, 0) is 70.0 Å². The molecule has 1 heterocycles. The third kappa shape index (κ3) is 7.44. The fourth-order valence-corrected chi connectivity index (χ4v) is 3.47. The van der Waals surface area contributed by atoms with Gasteiger partial charge in [-0.1, -0.05) is 33.1 Å². The van der Waals surface area contributed by atoms with Gasteiger partial charge in [-0.2, -0.15) is 0 Å². The summed E-state index contributed by atoms with van der Waals surface area (Å²) in [6, 6.07) is 7.63. The molecule has 158 valence electrons. The number of hydrogen-bond acceptors (Lipinski definition) is 4. The van der Waals surface area contributed by atoms with E-state index in [0.717, 1.165) is 43.7 Å². The summed E-state index contributed by atoms with van der Waals surface area (Å²) < 4.78 is 11.8. The number of carbonyl (C=O) groups is 1. The Bertz CT molecular complexity index is 560. The maximum Gasteiger partial charge on any atom is 0.256 e. The number of unbranched alkanes of at least 4 members (excludes halogenated alkanes) is 1. The predicted octanol–water partition coefficient (Wildman–Crippen LogP) is 4.87. The Morgan fingerprint density at radius 3 is 2.43 bits per heavy atom. The van der Waals surface area contributed by atoms with Crippen LogP contribution in [0.25, 0.3) is 0 Å². The van der Waals surface area contributed by atoms with Crippen LogP contribution in [0.5, 0.6) is 5.75 Å². The van der Waals surface area contributed by atoms with E-state index >= 15 is 0 Å². The fraction of sp³-hybridized carbons (Fsp3) is 0.696. The predicted molar refractivity (Wildman–Crippen MR) is 115 cm³/mol. The summed E-state index contributed by atoms with van der Waals surface area (Å²) in [7, 11) is 0. The van der Waals surface area contributed by atoms with Gasteiger partial charge in [0.25, 0.3) is 5.91 Å². The Hall–Kier alpha value is -1.59.